The normalized spacial score (nSPS) is 10.4. The molecule has 3 N–H and O–H groups in total. The standard InChI is InChI=1S/C14H16N2O5/c1-7-9(13(18)16-14(19)15-7)4-8-5-10(20-2)12(17)11(6-8)21-3/h5-6,17H,4H2,1-3H3,(H2,15,16,18,19). The molecule has 0 spiro atoms. The van der Waals surface area contributed by atoms with Crippen LogP contribution in [-0.4, -0.2) is 29.3 Å². The summed E-state index contributed by atoms with van der Waals surface area (Å²) in [7, 11) is 2.85. The molecular formula is C14H16N2O5. The first-order valence-electron chi connectivity index (χ1n) is 6.22. The van der Waals surface area contributed by atoms with E-state index in [-0.39, 0.29) is 23.7 Å². The van der Waals surface area contributed by atoms with Crippen LogP contribution in [0.1, 0.15) is 16.8 Å². The van der Waals surface area contributed by atoms with Gasteiger partial charge in [-0.3, -0.25) is 9.78 Å². The summed E-state index contributed by atoms with van der Waals surface area (Å²) >= 11 is 0. The van der Waals surface area contributed by atoms with Crippen molar-refractivity contribution < 1.29 is 14.6 Å². The minimum Gasteiger partial charge on any atom is -0.502 e. The number of aromatic hydroxyl groups is 1. The van der Waals surface area contributed by atoms with Crippen molar-refractivity contribution in [3.8, 4) is 17.2 Å². The van der Waals surface area contributed by atoms with E-state index in [1.165, 1.54) is 14.2 Å². The fourth-order valence-electron chi connectivity index (χ4n) is 2.09. The molecular weight excluding hydrogens is 276 g/mol. The number of phenolic OH excluding ortho intramolecular Hbond substituents is 1. The number of benzene rings is 1. The molecule has 0 bridgehead atoms. The number of aromatic amines is 2. The molecule has 0 amide bonds. The molecule has 0 aliphatic heterocycles. The van der Waals surface area contributed by atoms with Crippen LogP contribution in [0.4, 0.5) is 0 Å². The van der Waals surface area contributed by atoms with Crippen LogP contribution in [0.3, 0.4) is 0 Å². The molecule has 1 aromatic heterocycles. The Hall–Kier alpha value is -2.70. The third-order valence-electron chi connectivity index (χ3n) is 3.18. The highest BCUT2D eigenvalue weighted by Gasteiger charge is 2.14. The molecule has 1 heterocycles. The van der Waals surface area contributed by atoms with Gasteiger partial charge in [-0.1, -0.05) is 0 Å². The fraction of sp³-hybridized carbons (Fsp3) is 0.286. The Morgan fingerprint density at radius 3 is 2.14 bits per heavy atom. The zero-order valence-corrected chi connectivity index (χ0v) is 11.9. The summed E-state index contributed by atoms with van der Waals surface area (Å²) < 4.78 is 10.1. The van der Waals surface area contributed by atoms with Crippen molar-refractivity contribution in [2.45, 2.75) is 13.3 Å². The molecule has 7 nitrogen and oxygen atoms in total. The molecule has 7 heteroatoms. The topological polar surface area (TPSA) is 104 Å². The second kappa shape index (κ2) is 5.74. The predicted octanol–water partition coefficient (Wildman–Crippen LogP) is 0.685. The van der Waals surface area contributed by atoms with Gasteiger partial charge in [0, 0.05) is 17.7 Å². The van der Waals surface area contributed by atoms with E-state index in [0.29, 0.717) is 16.8 Å². The van der Waals surface area contributed by atoms with Gasteiger partial charge in [0.1, 0.15) is 0 Å². The molecule has 0 atom stereocenters. The van der Waals surface area contributed by atoms with Crippen LogP contribution in [0.5, 0.6) is 17.2 Å². The number of hydrogen-bond donors (Lipinski definition) is 3. The number of methoxy groups -OCH3 is 2. The number of rotatable bonds is 4. The molecule has 1 aromatic carbocycles. The average molecular weight is 292 g/mol. The summed E-state index contributed by atoms with van der Waals surface area (Å²) in [6.07, 6.45) is 0.269. The molecule has 2 rings (SSSR count). The van der Waals surface area contributed by atoms with Crippen molar-refractivity contribution >= 4 is 0 Å². The van der Waals surface area contributed by atoms with Gasteiger partial charge in [-0.2, -0.15) is 0 Å². The second-order valence-corrected chi connectivity index (χ2v) is 4.54. The summed E-state index contributed by atoms with van der Waals surface area (Å²) in [5, 5.41) is 9.86. The number of aryl methyl sites for hydroxylation is 1. The molecule has 0 saturated heterocycles. The predicted molar refractivity (Wildman–Crippen MR) is 76.4 cm³/mol. The van der Waals surface area contributed by atoms with E-state index in [1.807, 2.05) is 0 Å². The number of nitrogens with one attached hydrogen (secondary N) is 2. The summed E-state index contributed by atoms with van der Waals surface area (Å²) in [4.78, 5) is 27.8. The van der Waals surface area contributed by atoms with E-state index in [9.17, 15) is 14.7 Å². The molecule has 0 saturated carbocycles. The Bertz CT molecular complexity index is 751. The molecule has 0 aliphatic rings. The van der Waals surface area contributed by atoms with E-state index in [4.69, 9.17) is 9.47 Å². The van der Waals surface area contributed by atoms with Crippen LogP contribution in [0.25, 0.3) is 0 Å². The van der Waals surface area contributed by atoms with Gasteiger partial charge in [-0.25, -0.2) is 4.79 Å². The zero-order chi connectivity index (χ0) is 15.6. The van der Waals surface area contributed by atoms with Gasteiger partial charge in [-0.05, 0) is 24.6 Å². The molecule has 2 aromatic rings. The van der Waals surface area contributed by atoms with E-state index in [1.54, 1.807) is 19.1 Å². The summed E-state index contributed by atoms with van der Waals surface area (Å²) in [5.41, 5.74) is 0.658. The molecule has 0 unspecified atom stereocenters. The number of phenols is 1. The van der Waals surface area contributed by atoms with Crippen LogP contribution in [0.2, 0.25) is 0 Å². The average Bonchev–Trinajstić information content (AvgIpc) is 2.44. The number of ether oxygens (including phenoxy) is 2. The SMILES string of the molecule is COc1cc(Cc2c(C)[nH]c(=O)[nH]c2=O)cc(OC)c1O. The summed E-state index contributed by atoms with van der Waals surface area (Å²) in [5.74, 6) is 0.404. The van der Waals surface area contributed by atoms with Gasteiger partial charge in [-0.15, -0.1) is 0 Å². The third-order valence-corrected chi connectivity index (χ3v) is 3.18. The van der Waals surface area contributed by atoms with Crippen LogP contribution in [0, 0.1) is 6.92 Å². The largest absolute Gasteiger partial charge is 0.502 e. The second-order valence-electron chi connectivity index (χ2n) is 4.54. The first-order chi connectivity index (χ1) is 9.96. The van der Waals surface area contributed by atoms with Crippen molar-refractivity contribution in [3.63, 3.8) is 0 Å². The molecule has 0 radical (unpaired) electrons. The van der Waals surface area contributed by atoms with Gasteiger partial charge in [0.25, 0.3) is 5.56 Å². The number of hydrogen-bond acceptors (Lipinski definition) is 5. The summed E-state index contributed by atoms with van der Waals surface area (Å²) in [6.45, 7) is 1.65. The summed E-state index contributed by atoms with van der Waals surface area (Å²) in [6, 6.07) is 3.23. The van der Waals surface area contributed by atoms with E-state index >= 15 is 0 Å². The van der Waals surface area contributed by atoms with Crippen LogP contribution >= 0.6 is 0 Å². The smallest absolute Gasteiger partial charge is 0.325 e. The van der Waals surface area contributed by atoms with E-state index in [0.717, 1.165) is 0 Å². The van der Waals surface area contributed by atoms with E-state index in [2.05, 4.69) is 9.97 Å². The van der Waals surface area contributed by atoms with Crippen molar-refractivity contribution in [2.24, 2.45) is 0 Å². The highest BCUT2D eigenvalue weighted by molar-refractivity contribution is 5.53. The minimum atomic E-state index is -0.540. The van der Waals surface area contributed by atoms with Gasteiger partial charge in [0.05, 0.1) is 14.2 Å². The molecule has 0 aliphatic carbocycles. The van der Waals surface area contributed by atoms with Crippen LogP contribution < -0.4 is 20.7 Å². The van der Waals surface area contributed by atoms with Gasteiger partial charge >= 0.3 is 5.69 Å². The van der Waals surface area contributed by atoms with Crippen molar-refractivity contribution in [1.82, 2.24) is 9.97 Å². The van der Waals surface area contributed by atoms with E-state index < -0.39 is 11.2 Å². The Balaban J connectivity index is 2.50. The maximum atomic E-state index is 11.9. The number of H-pyrrole nitrogens is 2. The van der Waals surface area contributed by atoms with Crippen molar-refractivity contribution in [1.29, 1.82) is 0 Å². The maximum Gasteiger partial charge on any atom is 0.325 e. The van der Waals surface area contributed by atoms with Gasteiger partial charge in [0.15, 0.2) is 11.5 Å². The highest BCUT2D eigenvalue weighted by atomic mass is 16.5. The van der Waals surface area contributed by atoms with Gasteiger partial charge < -0.3 is 19.6 Å². The zero-order valence-electron chi connectivity index (χ0n) is 11.9. The monoisotopic (exact) mass is 292 g/mol. The number of aromatic nitrogens is 2. The molecule has 0 fully saturated rings. The lowest BCUT2D eigenvalue weighted by molar-refractivity contribution is 0.339. The quantitative estimate of drug-likeness (QED) is 0.769. The van der Waals surface area contributed by atoms with Crippen LogP contribution in [-0.2, 0) is 6.42 Å². The first kappa shape index (κ1) is 14.7. The van der Waals surface area contributed by atoms with Crippen LogP contribution in [0.15, 0.2) is 21.7 Å². The lowest BCUT2D eigenvalue weighted by atomic mass is 10.0. The Morgan fingerprint density at radius 2 is 1.67 bits per heavy atom. The fourth-order valence-corrected chi connectivity index (χ4v) is 2.09. The van der Waals surface area contributed by atoms with Gasteiger partial charge in [0.2, 0.25) is 5.75 Å². The van der Waals surface area contributed by atoms with Crippen molar-refractivity contribution in [3.05, 3.63) is 49.8 Å². The lowest BCUT2D eigenvalue weighted by Crippen LogP contribution is -2.27. The Labute approximate surface area is 120 Å². The third kappa shape index (κ3) is 2.91. The molecule has 112 valence electrons. The Morgan fingerprint density at radius 1 is 1.10 bits per heavy atom. The lowest BCUT2D eigenvalue weighted by Gasteiger charge is -2.11. The first-order valence-corrected chi connectivity index (χ1v) is 6.22. The molecule has 21 heavy (non-hydrogen) atoms. The minimum absolute atomic E-state index is 0.101. The maximum absolute atomic E-state index is 11.9. The van der Waals surface area contributed by atoms with Crippen molar-refractivity contribution in [2.75, 3.05) is 14.2 Å². The Kier molecular flexibility index (Phi) is 4.02. The highest BCUT2D eigenvalue weighted by Crippen LogP contribution is 2.37.